The van der Waals surface area contributed by atoms with Crippen LogP contribution in [0.15, 0.2) is 42.5 Å². The Labute approximate surface area is 190 Å². The molecule has 2 rings (SSSR count). The van der Waals surface area contributed by atoms with E-state index in [0.29, 0.717) is 33.9 Å². The molecule has 156 valence electrons. The highest BCUT2D eigenvalue weighted by atomic mass is 35.5. The van der Waals surface area contributed by atoms with Crippen LogP contribution >= 0.6 is 46.6 Å². The molecular formula is C21H23Cl3N2O2S. The zero-order valence-electron chi connectivity index (χ0n) is 16.3. The van der Waals surface area contributed by atoms with E-state index in [1.165, 1.54) is 11.8 Å². The summed E-state index contributed by atoms with van der Waals surface area (Å²) in [6.07, 6.45) is 0. The molecular weight excluding hydrogens is 451 g/mol. The number of hydrogen-bond donors (Lipinski definition) is 1. The van der Waals surface area contributed by atoms with Crippen molar-refractivity contribution in [3.05, 3.63) is 68.7 Å². The third-order valence-electron chi connectivity index (χ3n) is 4.28. The van der Waals surface area contributed by atoms with Crippen LogP contribution in [0.5, 0.6) is 0 Å². The van der Waals surface area contributed by atoms with E-state index in [1.807, 2.05) is 25.1 Å². The quantitative estimate of drug-likeness (QED) is 0.528. The first-order valence-corrected chi connectivity index (χ1v) is 11.4. The number of hydrogen-bond acceptors (Lipinski definition) is 3. The summed E-state index contributed by atoms with van der Waals surface area (Å²) in [6, 6.07) is 12.0. The molecule has 0 fully saturated rings. The number of benzene rings is 2. The topological polar surface area (TPSA) is 49.4 Å². The minimum atomic E-state index is -0.585. The predicted molar refractivity (Wildman–Crippen MR) is 123 cm³/mol. The number of halogens is 3. The summed E-state index contributed by atoms with van der Waals surface area (Å²) in [4.78, 5) is 26.9. The molecule has 0 saturated heterocycles. The molecule has 0 aliphatic rings. The number of nitrogens with one attached hydrogen (secondary N) is 1. The van der Waals surface area contributed by atoms with Crippen molar-refractivity contribution in [2.24, 2.45) is 0 Å². The molecule has 2 aromatic carbocycles. The van der Waals surface area contributed by atoms with E-state index in [-0.39, 0.29) is 17.6 Å². The number of amides is 2. The molecule has 2 amide bonds. The Hall–Kier alpha value is -1.40. The van der Waals surface area contributed by atoms with E-state index >= 15 is 0 Å². The van der Waals surface area contributed by atoms with Crippen molar-refractivity contribution < 1.29 is 9.59 Å². The second kappa shape index (κ2) is 11.7. The second-order valence-electron chi connectivity index (χ2n) is 6.45. The Kier molecular flexibility index (Phi) is 9.63. The largest absolute Gasteiger partial charge is 0.355 e. The van der Waals surface area contributed by atoms with Gasteiger partial charge < -0.3 is 10.2 Å². The van der Waals surface area contributed by atoms with Gasteiger partial charge in [-0.3, -0.25) is 9.59 Å². The van der Waals surface area contributed by atoms with Crippen LogP contribution in [0.3, 0.4) is 0 Å². The summed E-state index contributed by atoms with van der Waals surface area (Å²) in [7, 11) is 0. The third-order valence-corrected chi connectivity index (χ3v) is 6.09. The average molecular weight is 474 g/mol. The van der Waals surface area contributed by atoms with E-state index < -0.39 is 6.04 Å². The van der Waals surface area contributed by atoms with Crippen LogP contribution in [-0.2, 0) is 21.9 Å². The average Bonchev–Trinajstić information content (AvgIpc) is 2.68. The lowest BCUT2D eigenvalue weighted by Crippen LogP contribution is -2.48. The van der Waals surface area contributed by atoms with Crippen molar-refractivity contribution >= 4 is 58.4 Å². The molecule has 0 bridgehead atoms. The van der Waals surface area contributed by atoms with Gasteiger partial charge in [-0.05, 0) is 49.2 Å². The molecule has 0 heterocycles. The van der Waals surface area contributed by atoms with Gasteiger partial charge >= 0.3 is 0 Å². The maximum atomic E-state index is 12.9. The summed E-state index contributed by atoms with van der Waals surface area (Å²) in [5.41, 5.74) is 1.82. The van der Waals surface area contributed by atoms with Crippen LogP contribution in [0, 0.1) is 0 Å². The van der Waals surface area contributed by atoms with Gasteiger partial charge in [-0.25, -0.2) is 0 Å². The highest BCUT2D eigenvalue weighted by Crippen LogP contribution is 2.25. The number of thioether (sulfide) groups is 1. The molecule has 0 spiro atoms. The van der Waals surface area contributed by atoms with Gasteiger partial charge in [0.05, 0.1) is 5.75 Å². The second-order valence-corrected chi connectivity index (χ2v) is 8.71. The summed E-state index contributed by atoms with van der Waals surface area (Å²) < 4.78 is 0. The molecule has 4 nitrogen and oxygen atoms in total. The van der Waals surface area contributed by atoms with Crippen LogP contribution < -0.4 is 5.32 Å². The number of rotatable bonds is 9. The molecule has 29 heavy (non-hydrogen) atoms. The van der Waals surface area contributed by atoms with Gasteiger partial charge in [0.15, 0.2) is 0 Å². The number of carbonyl (C=O) groups is 2. The Balaban J connectivity index is 2.06. The van der Waals surface area contributed by atoms with Crippen LogP contribution in [0.1, 0.15) is 25.0 Å². The van der Waals surface area contributed by atoms with Crippen molar-refractivity contribution in [1.82, 2.24) is 10.2 Å². The van der Waals surface area contributed by atoms with Crippen LogP contribution in [-0.4, -0.2) is 35.1 Å². The summed E-state index contributed by atoms with van der Waals surface area (Å²) in [5.74, 6) is 0.511. The van der Waals surface area contributed by atoms with E-state index in [1.54, 1.807) is 36.1 Å². The molecule has 0 aromatic heterocycles. The van der Waals surface area contributed by atoms with Gasteiger partial charge in [-0.15, -0.1) is 11.8 Å². The lowest BCUT2D eigenvalue weighted by Gasteiger charge is -2.28. The summed E-state index contributed by atoms with van der Waals surface area (Å²) >= 11 is 19.5. The number of likely N-dealkylation sites (N-methyl/N-ethyl adjacent to an activating group) is 1. The molecule has 0 aliphatic carbocycles. The predicted octanol–water partition coefficient (Wildman–Crippen LogP) is 5.43. The molecule has 8 heteroatoms. The lowest BCUT2D eigenvalue weighted by molar-refractivity contribution is -0.138. The van der Waals surface area contributed by atoms with E-state index in [9.17, 15) is 9.59 Å². The first-order valence-electron chi connectivity index (χ1n) is 9.15. The zero-order chi connectivity index (χ0) is 21.4. The van der Waals surface area contributed by atoms with Gasteiger partial charge in [0.2, 0.25) is 11.8 Å². The minimum absolute atomic E-state index is 0.117. The standard InChI is InChI=1S/C21H23Cl3N2O2S/c1-3-25-21(28)14(2)26(11-15-4-7-17(22)8-5-15)20(27)13-29-12-16-6-9-18(23)10-19(16)24/h4-10,14H,3,11-13H2,1-2H3,(H,25,28)/t14-/m1/s1. The first-order chi connectivity index (χ1) is 13.8. The monoisotopic (exact) mass is 472 g/mol. The first kappa shape index (κ1) is 23.9. The molecule has 0 radical (unpaired) electrons. The Morgan fingerprint density at radius 3 is 2.34 bits per heavy atom. The maximum absolute atomic E-state index is 12.9. The van der Waals surface area contributed by atoms with Crippen LogP contribution in [0.4, 0.5) is 0 Å². The fraction of sp³-hybridized carbons (Fsp3) is 0.333. The molecule has 2 aromatic rings. The fourth-order valence-electron chi connectivity index (χ4n) is 2.66. The van der Waals surface area contributed by atoms with Crippen molar-refractivity contribution in [3.63, 3.8) is 0 Å². The lowest BCUT2D eigenvalue weighted by atomic mass is 10.1. The number of carbonyl (C=O) groups excluding carboxylic acids is 2. The highest BCUT2D eigenvalue weighted by Gasteiger charge is 2.25. The SMILES string of the molecule is CCNC(=O)[C@@H](C)N(Cc1ccc(Cl)cc1)C(=O)CSCc1ccc(Cl)cc1Cl. The van der Waals surface area contributed by atoms with Crippen molar-refractivity contribution in [1.29, 1.82) is 0 Å². The van der Waals surface area contributed by atoms with Gasteiger partial charge in [0, 0.05) is 33.9 Å². The summed E-state index contributed by atoms with van der Waals surface area (Å²) in [5, 5.41) is 4.55. The van der Waals surface area contributed by atoms with Gasteiger partial charge in [0.25, 0.3) is 0 Å². The van der Waals surface area contributed by atoms with Crippen molar-refractivity contribution in [3.8, 4) is 0 Å². The molecule has 0 saturated carbocycles. The maximum Gasteiger partial charge on any atom is 0.242 e. The highest BCUT2D eigenvalue weighted by molar-refractivity contribution is 7.99. The zero-order valence-corrected chi connectivity index (χ0v) is 19.3. The van der Waals surface area contributed by atoms with Crippen LogP contribution in [0.2, 0.25) is 15.1 Å². The minimum Gasteiger partial charge on any atom is -0.355 e. The van der Waals surface area contributed by atoms with Gasteiger partial charge in [0.1, 0.15) is 6.04 Å². The Morgan fingerprint density at radius 2 is 1.72 bits per heavy atom. The van der Waals surface area contributed by atoms with E-state index in [4.69, 9.17) is 34.8 Å². The molecule has 1 atom stereocenters. The molecule has 1 N–H and O–H groups in total. The molecule has 0 aliphatic heterocycles. The normalized spacial score (nSPS) is 11.8. The smallest absolute Gasteiger partial charge is 0.242 e. The van der Waals surface area contributed by atoms with Crippen molar-refractivity contribution in [2.45, 2.75) is 32.2 Å². The Bertz CT molecular complexity index is 846. The van der Waals surface area contributed by atoms with Gasteiger partial charge in [-0.1, -0.05) is 53.0 Å². The molecule has 0 unspecified atom stereocenters. The van der Waals surface area contributed by atoms with E-state index in [0.717, 1.165) is 11.1 Å². The third kappa shape index (κ3) is 7.41. The summed E-state index contributed by atoms with van der Waals surface area (Å²) in [6.45, 7) is 4.42. The van der Waals surface area contributed by atoms with Crippen molar-refractivity contribution in [2.75, 3.05) is 12.3 Å². The van der Waals surface area contributed by atoms with Gasteiger partial charge in [-0.2, -0.15) is 0 Å². The number of nitrogens with zero attached hydrogens (tertiary/aromatic N) is 1. The van der Waals surface area contributed by atoms with E-state index in [2.05, 4.69) is 5.32 Å². The fourth-order valence-corrected chi connectivity index (χ4v) is 4.26. The van der Waals surface area contributed by atoms with Crippen LogP contribution in [0.25, 0.3) is 0 Å². The Morgan fingerprint density at radius 1 is 1.07 bits per heavy atom.